The van der Waals surface area contributed by atoms with E-state index in [0.29, 0.717) is 6.92 Å². The summed E-state index contributed by atoms with van der Waals surface area (Å²) < 4.78 is 20.5. The van der Waals surface area contributed by atoms with Crippen LogP contribution in [-0.2, 0) is 29.2 Å². The molecule has 75 valence electrons. The van der Waals surface area contributed by atoms with Gasteiger partial charge in [-0.15, -0.1) is 0 Å². The molecule has 0 fully saturated rings. The van der Waals surface area contributed by atoms with Crippen LogP contribution in [0.3, 0.4) is 0 Å². The monoisotopic (exact) mass is 305 g/mol. The van der Waals surface area contributed by atoms with Crippen molar-refractivity contribution in [1.82, 2.24) is 0 Å². The Morgan fingerprint density at radius 3 is 1.17 bits per heavy atom. The molecule has 0 amide bonds. The van der Waals surface area contributed by atoms with E-state index in [0.717, 1.165) is 0 Å². The van der Waals surface area contributed by atoms with E-state index in [1.54, 1.807) is 0 Å². The second-order valence-electron chi connectivity index (χ2n) is 2.06. The van der Waals surface area contributed by atoms with E-state index >= 15 is 0 Å². The summed E-state index contributed by atoms with van der Waals surface area (Å²) in [6.07, 6.45) is 0. The molecule has 0 atom stereocenters. The Bertz CT molecular complexity index is 212. The van der Waals surface area contributed by atoms with Gasteiger partial charge in [0.25, 0.3) is 5.08 Å². The van der Waals surface area contributed by atoms with Crippen molar-refractivity contribution in [2.24, 2.45) is 0 Å². The first-order valence-corrected chi connectivity index (χ1v) is 5.56. The van der Waals surface area contributed by atoms with Gasteiger partial charge in [-0.05, 0) is 6.92 Å². The molecule has 0 aromatic rings. The summed E-state index contributed by atoms with van der Waals surface area (Å²) >= 11 is 0. The Balaban J connectivity index is 0. The largest absolute Gasteiger partial charge is 0.369 e. The molecule has 0 aromatic heterocycles. The van der Waals surface area contributed by atoms with Crippen LogP contribution in [-0.4, -0.2) is 29.8 Å². The summed E-state index contributed by atoms with van der Waals surface area (Å²) in [7, 11) is -10.4. The third kappa shape index (κ3) is 3.00. The second-order valence-corrected chi connectivity index (χ2v) is 6.33. The molecular weight excluding hydrogens is 297 g/mol. The van der Waals surface area contributed by atoms with Crippen LogP contribution < -0.4 is 0 Å². The predicted octanol–water partition coefficient (Wildman–Crippen LogP) is -0.995. The molecule has 10 heteroatoms. The second kappa shape index (κ2) is 3.96. The third-order valence-corrected chi connectivity index (χ3v) is 4.87. The molecular formula is C2H8O7P2Tc. The van der Waals surface area contributed by atoms with Crippen molar-refractivity contribution in [2.75, 3.05) is 0 Å². The van der Waals surface area contributed by atoms with Crippen molar-refractivity contribution in [3.05, 3.63) is 0 Å². The van der Waals surface area contributed by atoms with Gasteiger partial charge in [0.15, 0.2) is 0 Å². The van der Waals surface area contributed by atoms with Gasteiger partial charge in [-0.3, -0.25) is 9.13 Å². The van der Waals surface area contributed by atoms with Gasteiger partial charge < -0.3 is 24.7 Å². The fourth-order valence-electron chi connectivity index (χ4n) is 0.170. The SMILES string of the molecule is CC(O)(P(=O)(O)O)P(=O)(O)O.[99Tc]. The molecule has 0 rings (SSSR count). The van der Waals surface area contributed by atoms with E-state index in [4.69, 9.17) is 24.7 Å². The number of aliphatic hydroxyl groups is 1. The fraction of sp³-hybridized carbons (Fsp3) is 1.00. The van der Waals surface area contributed by atoms with Crippen molar-refractivity contribution in [1.29, 1.82) is 0 Å². The predicted molar refractivity (Wildman–Crippen MR) is 34.7 cm³/mol. The first-order valence-electron chi connectivity index (χ1n) is 2.34. The van der Waals surface area contributed by atoms with Crippen LogP contribution in [0.25, 0.3) is 0 Å². The topological polar surface area (TPSA) is 135 Å². The molecule has 0 heterocycles. The average Bonchev–Trinajstić information content (AvgIpc) is 1.58. The van der Waals surface area contributed by atoms with Crippen LogP contribution in [0.5, 0.6) is 0 Å². The molecule has 0 unspecified atom stereocenters. The Hall–Kier alpha value is 0.909. The number of hydrogen-bond donors (Lipinski definition) is 5. The van der Waals surface area contributed by atoms with E-state index in [1.165, 1.54) is 0 Å². The third-order valence-electron chi connectivity index (χ3n) is 1.10. The van der Waals surface area contributed by atoms with E-state index in [1.807, 2.05) is 0 Å². The van der Waals surface area contributed by atoms with E-state index in [2.05, 4.69) is 0 Å². The fourth-order valence-corrected chi connectivity index (χ4v) is 1.53. The van der Waals surface area contributed by atoms with Crippen molar-refractivity contribution < 1.29 is 53.9 Å². The quantitative estimate of drug-likeness (QED) is 0.413. The maximum absolute atomic E-state index is 10.3. The zero-order chi connectivity index (χ0) is 9.50. The molecule has 0 bridgehead atoms. The maximum Gasteiger partial charge on any atom is 0.369 e. The molecule has 12 heavy (non-hydrogen) atoms. The minimum absolute atomic E-state index is 0. The first kappa shape index (κ1) is 15.4. The molecule has 0 saturated carbocycles. The van der Waals surface area contributed by atoms with Gasteiger partial charge in [-0.1, -0.05) is 0 Å². The summed E-state index contributed by atoms with van der Waals surface area (Å²) in [6, 6.07) is 0. The number of hydrogen-bond acceptors (Lipinski definition) is 3. The van der Waals surface area contributed by atoms with Crippen molar-refractivity contribution in [3.8, 4) is 0 Å². The van der Waals surface area contributed by atoms with Gasteiger partial charge in [0.05, 0.1) is 0 Å². The summed E-state index contributed by atoms with van der Waals surface area (Å²) in [5.74, 6) is 0. The zero-order valence-electron chi connectivity index (χ0n) is 5.82. The molecule has 0 aliphatic rings. The van der Waals surface area contributed by atoms with Crippen molar-refractivity contribution in [2.45, 2.75) is 12.0 Å². The van der Waals surface area contributed by atoms with Gasteiger partial charge in [0.1, 0.15) is 0 Å². The molecule has 0 saturated heterocycles. The van der Waals surface area contributed by atoms with E-state index < -0.39 is 20.3 Å². The Morgan fingerprint density at radius 1 is 1.00 bits per heavy atom. The Kier molecular flexibility index (Phi) is 5.08. The maximum atomic E-state index is 10.3. The van der Waals surface area contributed by atoms with Gasteiger partial charge in [0.2, 0.25) is 0 Å². The van der Waals surface area contributed by atoms with Gasteiger partial charge in [-0.2, -0.15) is 0 Å². The molecule has 7 nitrogen and oxygen atoms in total. The van der Waals surface area contributed by atoms with E-state index in [9.17, 15) is 9.13 Å². The van der Waals surface area contributed by atoms with Gasteiger partial charge >= 0.3 is 15.2 Å². The molecule has 0 spiro atoms. The smallest absolute Gasteiger partial charge is 0.368 e. The van der Waals surface area contributed by atoms with Crippen molar-refractivity contribution in [3.63, 3.8) is 0 Å². The summed E-state index contributed by atoms with van der Waals surface area (Å²) in [5.41, 5.74) is 0. The Labute approximate surface area is 81.5 Å². The average molecular weight is 305 g/mol. The van der Waals surface area contributed by atoms with Crippen LogP contribution in [0.15, 0.2) is 0 Å². The summed E-state index contributed by atoms with van der Waals surface area (Å²) in [6.45, 7) is 0.383. The molecule has 1 radical (unpaired) electrons. The number of rotatable bonds is 2. The first-order chi connectivity index (χ1) is 4.50. The summed E-state index contributed by atoms with van der Waals surface area (Å²) in [4.78, 5) is 33.0. The van der Waals surface area contributed by atoms with E-state index in [-0.39, 0.29) is 20.1 Å². The van der Waals surface area contributed by atoms with Crippen LogP contribution in [0.4, 0.5) is 0 Å². The van der Waals surface area contributed by atoms with Crippen LogP contribution >= 0.6 is 15.2 Å². The molecule has 0 aliphatic carbocycles. The van der Waals surface area contributed by atoms with Gasteiger partial charge in [-0.25, -0.2) is 0 Å². The van der Waals surface area contributed by atoms with Crippen LogP contribution in [0, 0.1) is 0 Å². The zero-order valence-corrected chi connectivity index (χ0v) is 9.47. The summed E-state index contributed by atoms with van der Waals surface area (Å²) in [5, 5.41) is 5.37. The minimum Gasteiger partial charge on any atom is -0.368 e. The van der Waals surface area contributed by atoms with Crippen LogP contribution in [0.1, 0.15) is 6.92 Å². The molecule has 0 aromatic carbocycles. The van der Waals surface area contributed by atoms with Gasteiger partial charge in [0, 0.05) is 20.1 Å². The molecule has 5 N–H and O–H groups in total. The molecule has 0 aliphatic heterocycles. The van der Waals surface area contributed by atoms with Crippen LogP contribution in [0.2, 0.25) is 0 Å². The normalized spacial score (nSPS) is 13.8. The standard InChI is InChI=1S/C2H8O7P2.Tc/c1-2(3,10(4,5)6)11(7,8)9;/h3H,1H3,(H2,4,5,6)(H2,7,8,9);/i;1+1. The van der Waals surface area contributed by atoms with Crippen molar-refractivity contribution >= 4 is 15.2 Å². The minimum atomic E-state index is -5.20. The Morgan fingerprint density at radius 2 is 1.17 bits per heavy atom.